The van der Waals surface area contributed by atoms with Crippen molar-refractivity contribution in [2.75, 3.05) is 33.4 Å². The molecule has 1 unspecified atom stereocenters. The van der Waals surface area contributed by atoms with Crippen molar-refractivity contribution in [3.05, 3.63) is 29.3 Å². The van der Waals surface area contributed by atoms with Crippen LogP contribution >= 0.6 is 0 Å². The summed E-state index contributed by atoms with van der Waals surface area (Å²) in [5.41, 5.74) is 2.75. The summed E-state index contributed by atoms with van der Waals surface area (Å²) in [7, 11) is 2.16. The predicted molar refractivity (Wildman–Crippen MR) is 81.5 cm³/mol. The van der Waals surface area contributed by atoms with E-state index in [1.54, 1.807) is 0 Å². The number of nitrogens with zero attached hydrogens (tertiary/aromatic N) is 1. The third-order valence-corrected chi connectivity index (χ3v) is 4.20. The molecule has 1 saturated heterocycles. The highest BCUT2D eigenvalue weighted by Crippen LogP contribution is 2.27. The second-order valence-electron chi connectivity index (χ2n) is 5.90. The Morgan fingerprint density at radius 1 is 1.29 bits per heavy atom. The first kappa shape index (κ1) is 14.8. The molecule has 1 fully saturated rings. The Bertz CT molecular complexity index is 457. The summed E-state index contributed by atoms with van der Waals surface area (Å²) in [6.45, 7) is 4.12. The number of benzene rings is 1. The molecule has 0 spiro atoms. The van der Waals surface area contributed by atoms with Crippen molar-refractivity contribution in [2.24, 2.45) is 0 Å². The predicted octanol–water partition coefficient (Wildman–Crippen LogP) is 2.60. The minimum atomic E-state index is -0.0271. The lowest BCUT2D eigenvalue weighted by Gasteiger charge is -2.27. The normalized spacial score (nSPS) is 22.8. The third-order valence-electron chi connectivity index (χ3n) is 4.20. The maximum atomic E-state index is 5.93. The van der Waals surface area contributed by atoms with Crippen LogP contribution in [0, 0.1) is 0 Å². The fourth-order valence-corrected chi connectivity index (χ4v) is 3.02. The third kappa shape index (κ3) is 3.96. The van der Waals surface area contributed by atoms with Crippen molar-refractivity contribution >= 4 is 0 Å². The molecule has 0 amide bonds. The van der Waals surface area contributed by atoms with Gasteiger partial charge in [-0.05, 0) is 49.9 Å². The zero-order chi connectivity index (χ0) is 14.5. The molecule has 1 aromatic carbocycles. The summed E-state index contributed by atoms with van der Waals surface area (Å²) < 4.78 is 17.2. The molecule has 0 bridgehead atoms. The van der Waals surface area contributed by atoms with Gasteiger partial charge >= 0.3 is 0 Å². The molecule has 0 radical (unpaired) electrons. The molecule has 21 heavy (non-hydrogen) atoms. The molecule has 4 nitrogen and oxygen atoms in total. The minimum absolute atomic E-state index is 0.0271. The van der Waals surface area contributed by atoms with Crippen LogP contribution in [0.4, 0.5) is 0 Å². The highest BCUT2D eigenvalue weighted by Gasteiger charge is 2.17. The number of rotatable bonds is 5. The van der Waals surface area contributed by atoms with Crippen LogP contribution in [0.2, 0.25) is 0 Å². The van der Waals surface area contributed by atoms with E-state index in [0.717, 1.165) is 44.7 Å². The molecule has 2 heterocycles. The van der Waals surface area contributed by atoms with Crippen molar-refractivity contribution in [1.82, 2.24) is 4.90 Å². The maximum Gasteiger partial charge on any atom is 0.157 e. The minimum Gasteiger partial charge on any atom is -0.491 e. The average Bonchev–Trinajstić information content (AvgIpc) is 2.52. The summed E-state index contributed by atoms with van der Waals surface area (Å²) in [5.74, 6) is 1.02. The Morgan fingerprint density at radius 2 is 2.24 bits per heavy atom. The first-order chi connectivity index (χ1) is 10.3. The highest BCUT2D eigenvalue weighted by atomic mass is 16.7. The molecule has 0 aliphatic carbocycles. The molecule has 2 aliphatic heterocycles. The second-order valence-corrected chi connectivity index (χ2v) is 5.90. The van der Waals surface area contributed by atoms with Crippen molar-refractivity contribution < 1.29 is 14.2 Å². The summed E-state index contributed by atoms with van der Waals surface area (Å²) in [5, 5.41) is 0. The van der Waals surface area contributed by atoms with E-state index >= 15 is 0 Å². The Kier molecular flexibility index (Phi) is 5.12. The molecule has 0 aromatic heterocycles. The first-order valence-corrected chi connectivity index (χ1v) is 7.98. The lowest BCUT2D eigenvalue weighted by Crippen LogP contribution is -2.27. The van der Waals surface area contributed by atoms with Gasteiger partial charge in [0.15, 0.2) is 6.29 Å². The number of fused-ring (bicyclic) bond motifs is 1. The molecular weight excluding hydrogens is 266 g/mol. The van der Waals surface area contributed by atoms with Crippen molar-refractivity contribution in [3.63, 3.8) is 0 Å². The molecule has 0 N–H and O–H groups in total. The fraction of sp³-hybridized carbons (Fsp3) is 0.647. The summed E-state index contributed by atoms with van der Waals surface area (Å²) in [6.07, 6.45) is 4.40. The quantitative estimate of drug-likeness (QED) is 0.780. The maximum absolute atomic E-state index is 5.93. The van der Waals surface area contributed by atoms with Gasteiger partial charge in [-0.1, -0.05) is 12.1 Å². The molecule has 2 aliphatic rings. The van der Waals surface area contributed by atoms with Gasteiger partial charge in [-0.15, -0.1) is 0 Å². The number of hydrogen-bond acceptors (Lipinski definition) is 4. The second kappa shape index (κ2) is 7.25. The van der Waals surface area contributed by atoms with E-state index in [4.69, 9.17) is 14.2 Å². The molecule has 1 atom stereocenters. The van der Waals surface area contributed by atoms with Crippen molar-refractivity contribution in [3.8, 4) is 5.75 Å². The number of hydrogen-bond donors (Lipinski definition) is 0. The molecule has 1 aromatic rings. The summed E-state index contributed by atoms with van der Waals surface area (Å²) in [6, 6.07) is 6.35. The molecule has 0 saturated carbocycles. The molecule has 116 valence electrons. The van der Waals surface area contributed by atoms with E-state index in [-0.39, 0.29) is 6.29 Å². The van der Waals surface area contributed by atoms with Gasteiger partial charge < -0.3 is 19.1 Å². The van der Waals surface area contributed by atoms with Gasteiger partial charge in [0.25, 0.3) is 0 Å². The molecule has 3 rings (SSSR count). The highest BCUT2D eigenvalue weighted by molar-refractivity contribution is 5.41. The molecular formula is C17H25NO3. The smallest absolute Gasteiger partial charge is 0.157 e. The Balaban J connectivity index is 1.48. The Morgan fingerprint density at radius 3 is 3.10 bits per heavy atom. The van der Waals surface area contributed by atoms with E-state index in [2.05, 4.69) is 30.1 Å². The van der Waals surface area contributed by atoms with Crippen LogP contribution in [0.3, 0.4) is 0 Å². The van der Waals surface area contributed by atoms with Crippen LogP contribution in [0.25, 0.3) is 0 Å². The van der Waals surface area contributed by atoms with Gasteiger partial charge in [-0.25, -0.2) is 0 Å². The largest absolute Gasteiger partial charge is 0.491 e. The van der Waals surface area contributed by atoms with Gasteiger partial charge in [0, 0.05) is 19.7 Å². The van der Waals surface area contributed by atoms with E-state index in [1.165, 1.54) is 17.5 Å². The fourth-order valence-electron chi connectivity index (χ4n) is 3.02. The topological polar surface area (TPSA) is 30.9 Å². The van der Waals surface area contributed by atoms with E-state index in [0.29, 0.717) is 13.2 Å². The van der Waals surface area contributed by atoms with Gasteiger partial charge in [0.05, 0.1) is 6.61 Å². The van der Waals surface area contributed by atoms with E-state index in [1.807, 2.05) is 0 Å². The van der Waals surface area contributed by atoms with Gasteiger partial charge in [-0.2, -0.15) is 0 Å². The van der Waals surface area contributed by atoms with Crippen LogP contribution in [-0.2, 0) is 22.4 Å². The van der Waals surface area contributed by atoms with Gasteiger partial charge in [-0.3, -0.25) is 0 Å². The van der Waals surface area contributed by atoms with E-state index in [9.17, 15) is 0 Å². The Hall–Kier alpha value is -1.10. The van der Waals surface area contributed by atoms with Crippen molar-refractivity contribution in [1.29, 1.82) is 0 Å². The monoisotopic (exact) mass is 291 g/mol. The summed E-state index contributed by atoms with van der Waals surface area (Å²) >= 11 is 0. The SMILES string of the molecule is CN1CCc2c(cccc2OCCOC2CCCCO2)C1. The van der Waals surface area contributed by atoms with Crippen LogP contribution < -0.4 is 4.74 Å². The van der Waals surface area contributed by atoms with Gasteiger partial charge in [0.2, 0.25) is 0 Å². The summed E-state index contributed by atoms with van der Waals surface area (Å²) in [4.78, 5) is 2.34. The van der Waals surface area contributed by atoms with Crippen LogP contribution in [-0.4, -0.2) is 44.6 Å². The first-order valence-electron chi connectivity index (χ1n) is 7.98. The van der Waals surface area contributed by atoms with Gasteiger partial charge in [0.1, 0.15) is 12.4 Å². The standard InChI is InChI=1S/C17H25NO3/c1-18-9-8-15-14(13-18)5-4-6-16(15)19-11-12-21-17-7-2-3-10-20-17/h4-6,17H,2-3,7-13H2,1H3. The zero-order valence-electron chi connectivity index (χ0n) is 12.8. The average molecular weight is 291 g/mol. The number of likely N-dealkylation sites (N-methyl/N-ethyl adjacent to an activating group) is 1. The van der Waals surface area contributed by atoms with Crippen LogP contribution in [0.5, 0.6) is 5.75 Å². The number of ether oxygens (including phenoxy) is 3. The van der Waals surface area contributed by atoms with E-state index < -0.39 is 0 Å². The lowest BCUT2D eigenvalue weighted by molar-refractivity contribution is -0.165. The zero-order valence-corrected chi connectivity index (χ0v) is 12.8. The van der Waals surface area contributed by atoms with Crippen LogP contribution in [0.15, 0.2) is 18.2 Å². The lowest BCUT2D eigenvalue weighted by atomic mass is 9.99. The molecule has 4 heteroatoms. The Labute approximate surface area is 127 Å². The van der Waals surface area contributed by atoms with Crippen LogP contribution in [0.1, 0.15) is 30.4 Å². The van der Waals surface area contributed by atoms with Crippen molar-refractivity contribution in [2.45, 2.75) is 38.5 Å².